The third kappa shape index (κ3) is 3.57. The van der Waals surface area contributed by atoms with Gasteiger partial charge in [0.1, 0.15) is 11.6 Å². The predicted octanol–water partition coefficient (Wildman–Crippen LogP) is 5.61. The van der Waals surface area contributed by atoms with E-state index in [-0.39, 0.29) is 22.8 Å². The van der Waals surface area contributed by atoms with Gasteiger partial charge in [-0.3, -0.25) is 14.5 Å². The van der Waals surface area contributed by atoms with Gasteiger partial charge in [-0.2, -0.15) is 0 Å². The Morgan fingerprint density at radius 1 is 0.967 bits per heavy atom. The zero-order chi connectivity index (χ0) is 21.4. The third-order valence-electron chi connectivity index (χ3n) is 5.01. The molecule has 2 aromatic carbocycles. The summed E-state index contributed by atoms with van der Waals surface area (Å²) in [6.45, 7) is 3.55. The highest BCUT2D eigenvalue weighted by Crippen LogP contribution is 2.35. The van der Waals surface area contributed by atoms with Crippen LogP contribution in [0.4, 0.5) is 13.6 Å². The smallest absolute Gasteiger partial charge is 0.293 e. The molecule has 0 bridgehead atoms. The molecule has 152 valence electrons. The first-order chi connectivity index (χ1) is 14.4. The molecule has 7 heteroatoms. The Morgan fingerprint density at radius 3 is 2.33 bits per heavy atom. The first-order valence-corrected chi connectivity index (χ1v) is 10.1. The van der Waals surface area contributed by atoms with Crippen LogP contribution in [0.1, 0.15) is 22.5 Å². The number of carbonyl (C=O) groups excluding carboxylic acids is 2. The van der Waals surface area contributed by atoms with E-state index in [1.807, 2.05) is 19.9 Å². The molecule has 0 N–H and O–H groups in total. The van der Waals surface area contributed by atoms with Gasteiger partial charge in [0.2, 0.25) is 0 Å². The van der Waals surface area contributed by atoms with E-state index in [2.05, 4.69) is 0 Å². The Hall–Kier alpha value is -3.19. The molecule has 0 radical (unpaired) electrons. The minimum Gasteiger partial charge on any atom is -0.315 e. The highest BCUT2D eigenvalue weighted by Gasteiger charge is 2.35. The van der Waals surface area contributed by atoms with Gasteiger partial charge >= 0.3 is 0 Å². The monoisotopic (exact) mass is 424 g/mol. The van der Waals surface area contributed by atoms with Crippen molar-refractivity contribution in [2.24, 2.45) is 0 Å². The van der Waals surface area contributed by atoms with Crippen molar-refractivity contribution in [1.29, 1.82) is 0 Å². The van der Waals surface area contributed by atoms with Crippen molar-refractivity contribution in [1.82, 2.24) is 9.47 Å². The molecule has 4 rings (SSSR count). The van der Waals surface area contributed by atoms with Crippen LogP contribution >= 0.6 is 11.8 Å². The number of benzene rings is 2. The van der Waals surface area contributed by atoms with Crippen LogP contribution in [0.25, 0.3) is 11.8 Å². The molecule has 1 aliphatic rings. The number of para-hydroxylation sites is 1. The lowest BCUT2D eigenvalue weighted by atomic mass is 10.2. The van der Waals surface area contributed by atoms with Gasteiger partial charge in [-0.1, -0.05) is 30.3 Å². The van der Waals surface area contributed by atoms with Crippen molar-refractivity contribution < 1.29 is 18.4 Å². The number of aromatic nitrogens is 1. The summed E-state index contributed by atoms with van der Waals surface area (Å²) in [7, 11) is 0. The van der Waals surface area contributed by atoms with Gasteiger partial charge in [0.15, 0.2) is 0 Å². The Morgan fingerprint density at radius 2 is 1.63 bits per heavy atom. The van der Waals surface area contributed by atoms with E-state index in [1.54, 1.807) is 47.0 Å². The number of carbonyl (C=O) groups is 2. The third-order valence-corrected chi connectivity index (χ3v) is 5.92. The summed E-state index contributed by atoms with van der Waals surface area (Å²) in [5, 5.41) is -0.447. The van der Waals surface area contributed by atoms with Crippen LogP contribution in [0, 0.1) is 25.5 Å². The fourth-order valence-corrected chi connectivity index (χ4v) is 4.34. The first-order valence-electron chi connectivity index (χ1n) is 9.29. The summed E-state index contributed by atoms with van der Waals surface area (Å²) >= 11 is 0.817. The quantitative estimate of drug-likeness (QED) is 0.512. The number of rotatable bonds is 4. The van der Waals surface area contributed by atoms with Gasteiger partial charge in [0, 0.05) is 17.0 Å². The molecule has 1 fully saturated rings. The summed E-state index contributed by atoms with van der Waals surface area (Å²) in [5.74, 6) is -1.28. The van der Waals surface area contributed by atoms with Crippen LogP contribution in [0.3, 0.4) is 0 Å². The highest BCUT2D eigenvalue weighted by molar-refractivity contribution is 8.18. The number of imide groups is 1. The lowest BCUT2D eigenvalue weighted by molar-refractivity contribution is -0.123. The Balaban J connectivity index is 1.66. The van der Waals surface area contributed by atoms with E-state index in [0.717, 1.165) is 28.0 Å². The van der Waals surface area contributed by atoms with E-state index in [4.69, 9.17) is 0 Å². The number of amides is 2. The van der Waals surface area contributed by atoms with Crippen LogP contribution in [0.2, 0.25) is 0 Å². The van der Waals surface area contributed by atoms with Crippen molar-refractivity contribution >= 4 is 29.0 Å². The minimum atomic E-state index is -0.469. The number of hydrogen-bond acceptors (Lipinski definition) is 3. The average Bonchev–Trinajstić information content (AvgIpc) is 3.14. The molecule has 1 aliphatic heterocycles. The lowest BCUT2D eigenvalue weighted by Crippen LogP contribution is -2.27. The van der Waals surface area contributed by atoms with Crippen molar-refractivity contribution in [3.05, 3.63) is 93.7 Å². The Bertz CT molecular complexity index is 1200. The number of hydrogen-bond donors (Lipinski definition) is 0. The van der Waals surface area contributed by atoms with Crippen LogP contribution in [0.5, 0.6) is 0 Å². The molecule has 0 atom stereocenters. The molecule has 1 aromatic heterocycles. The largest absolute Gasteiger partial charge is 0.315 e. The van der Waals surface area contributed by atoms with Crippen molar-refractivity contribution in [3.63, 3.8) is 0 Å². The molecule has 2 heterocycles. The van der Waals surface area contributed by atoms with Gasteiger partial charge in [0.05, 0.1) is 17.1 Å². The minimum absolute atomic E-state index is 0.122. The molecule has 30 heavy (non-hydrogen) atoms. The van der Waals surface area contributed by atoms with E-state index < -0.39 is 17.0 Å². The van der Waals surface area contributed by atoms with Crippen LogP contribution in [-0.2, 0) is 11.3 Å². The van der Waals surface area contributed by atoms with Gasteiger partial charge in [0.25, 0.3) is 11.1 Å². The zero-order valence-corrected chi connectivity index (χ0v) is 17.2. The maximum absolute atomic E-state index is 14.3. The summed E-state index contributed by atoms with van der Waals surface area (Å²) in [6, 6.07) is 14.3. The molecule has 1 saturated heterocycles. The van der Waals surface area contributed by atoms with Crippen LogP contribution < -0.4 is 0 Å². The fourth-order valence-electron chi connectivity index (χ4n) is 3.51. The van der Waals surface area contributed by atoms with Crippen LogP contribution in [0.15, 0.2) is 59.5 Å². The average molecular weight is 424 g/mol. The number of thioether (sulfide) groups is 1. The maximum atomic E-state index is 14.3. The van der Waals surface area contributed by atoms with E-state index in [0.29, 0.717) is 11.3 Å². The predicted molar refractivity (Wildman–Crippen MR) is 113 cm³/mol. The summed E-state index contributed by atoms with van der Waals surface area (Å²) < 4.78 is 30.0. The second-order valence-electron chi connectivity index (χ2n) is 6.97. The zero-order valence-electron chi connectivity index (χ0n) is 16.4. The standard InChI is InChI=1S/C23H18F2N2O2S/c1-14-11-17(15(2)27(14)20-10-6-5-9-19(20)25)12-21-22(28)26(23(29)30-21)13-16-7-3-4-8-18(16)24/h3-12H,13H2,1-2H3/b21-12-. The number of halogens is 2. The molecular weight excluding hydrogens is 406 g/mol. The normalized spacial score (nSPS) is 15.5. The van der Waals surface area contributed by atoms with Gasteiger partial charge in [-0.25, -0.2) is 8.78 Å². The van der Waals surface area contributed by atoms with Crippen LogP contribution in [-0.4, -0.2) is 20.6 Å². The van der Waals surface area contributed by atoms with Crippen molar-refractivity contribution in [2.75, 3.05) is 0 Å². The Kier molecular flexibility index (Phi) is 5.30. The van der Waals surface area contributed by atoms with Gasteiger partial charge in [-0.05, 0) is 61.5 Å². The maximum Gasteiger partial charge on any atom is 0.293 e. The molecule has 0 aliphatic carbocycles. The molecule has 0 unspecified atom stereocenters. The second-order valence-corrected chi connectivity index (χ2v) is 7.97. The van der Waals surface area contributed by atoms with E-state index >= 15 is 0 Å². The molecular formula is C23H18F2N2O2S. The molecule has 0 spiro atoms. The first kappa shape index (κ1) is 20.1. The molecule has 3 aromatic rings. The molecule has 2 amide bonds. The number of nitrogens with zero attached hydrogens (tertiary/aromatic N) is 2. The van der Waals surface area contributed by atoms with Gasteiger partial charge < -0.3 is 4.57 Å². The second kappa shape index (κ2) is 7.91. The molecule has 4 nitrogen and oxygen atoms in total. The summed E-state index contributed by atoms with van der Waals surface area (Å²) in [6.07, 6.45) is 1.63. The topological polar surface area (TPSA) is 42.3 Å². The Labute approximate surface area is 176 Å². The van der Waals surface area contributed by atoms with E-state index in [9.17, 15) is 18.4 Å². The molecule has 0 saturated carbocycles. The van der Waals surface area contributed by atoms with E-state index in [1.165, 1.54) is 12.1 Å². The van der Waals surface area contributed by atoms with Crippen molar-refractivity contribution in [3.8, 4) is 5.69 Å². The number of aryl methyl sites for hydroxylation is 1. The van der Waals surface area contributed by atoms with Crippen molar-refractivity contribution in [2.45, 2.75) is 20.4 Å². The highest BCUT2D eigenvalue weighted by atomic mass is 32.2. The lowest BCUT2D eigenvalue weighted by Gasteiger charge is -2.12. The summed E-state index contributed by atoms with van der Waals surface area (Å²) in [4.78, 5) is 26.5. The summed E-state index contributed by atoms with van der Waals surface area (Å²) in [5.41, 5.74) is 2.96. The van der Waals surface area contributed by atoms with Gasteiger partial charge in [-0.15, -0.1) is 0 Å². The fraction of sp³-hybridized carbons (Fsp3) is 0.130. The SMILES string of the molecule is Cc1cc(/C=C2\SC(=O)N(Cc3ccccc3F)C2=O)c(C)n1-c1ccccc1F.